The summed E-state index contributed by atoms with van der Waals surface area (Å²) in [6, 6.07) is 7.23. The number of benzene rings is 1. The molecule has 2 heterocycles. The van der Waals surface area contributed by atoms with Crippen LogP contribution in [0.4, 0.5) is 0 Å². The number of aliphatic hydroxyl groups excluding tert-OH is 1. The van der Waals surface area contributed by atoms with Crippen molar-refractivity contribution in [2.24, 2.45) is 0 Å². The Morgan fingerprint density at radius 2 is 2.26 bits per heavy atom. The number of aryl methyl sites for hydroxylation is 1. The highest BCUT2D eigenvalue weighted by Crippen LogP contribution is 2.28. The standard InChI is InChI=1S/C14H12ClNO2S/c1-8-7-19-14(16-8)6-11(17)13-5-9-4-10(15)2-3-12(9)18-13/h2-5,7,11,17H,6H2,1H3. The predicted molar refractivity (Wildman–Crippen MR) is 76.7 cm³/mol. The second kappa shape index (κ2) is 4.96. The Labute approximate surface area is 119 Å². The fourth-order valence-corrected chi connectivity index (χ4v) is 2.95. The van der Waals surface area contributed by atoms with E-state index < -0.39 is 6.10 Å². The number of nitrogens with zero attached hydrogens (tertiary/aromatic N) is 1. The van der Waals surface area contributed by atoms with Gasteiger partial charge in [0.15, 0.2) is 0 Å². The van der Waals surface area contributed by atoms with Crippen molar-refractivity contribution in [3.8, 4) is 0 Å². The first-order chi connectivity index (χ1) is 9.11. The third-order valence-electron chi connectivity index (χ3n) is 2.86. The molecule has 1 aromatic carbocycles. The summed E-state index contributed by atoms with van der Waals surface area (Å²) in [5.41, 5.74) is 1.71. The van der Waals surface area contributed by atoms with Gasteiger partial charge in [-0.2, -0.15) is 0 Å². The lowest BCUT2D eigenvalue weighted by Gasteiger charge is -2.04. The molecule has 98 valence electrons. The zero-order chi connectivity index (χ0) is 13.4. The molecule has 0 amide bonds. The molecule has 1 N–H and O–H groups in total. The second-order valence-electron chi connectivity index (χ2n) is 4.43. The van der Waals surface area contributed by atoms with E-state index in [2.05, 4.69) is 4.98 Å². The Hall–Kier alpha value is -1.36. The topological polar surface area (TPSA) is 46.3 Å². The summed E-state index contributed by atoms with van der Waals surface area (Å²) >= 11 is 7.48. The van der Waals surface area contributed by atoms with E-state index in [1.807, 2.05) is 24.4 Å². The molecule has 0 saturated heterocycles. The minimum absolute atomic E-state index is 0.464. The maximum absolute atomic E-state index is 10.2. The van der Waals surface area contributed by atoms with Crippen molar-refractivity contribution in [3.05, 3.63) is 51.1 Å². The molecule has 1 atom stereocenters. The summed E-state index contributed by atoms with van der Waals surface area (Å²) in [7, 11) is 0. The molecule has 5 heteroatoms. The van der Waals surface area contributed by atoms with Gasteiger partial charge in [-0.15, -0.1) is 11.3 Å². The first-order valence-electron chi connectivity index (χ1n) is 5.90. The molecule has 3 nitrogen and oxygen atoms in total. The fourth-order valence-electron chi connectivity index (χ4n) is 1.96. The summed E-state index contributed by atoms with van der Waals surface area (Å²) in [5.74, 6) is 0.546. The minimum atomic E-state index is -0.684. The molecule has 0 radical (unpaired) electrons. The molecule has 0 saturated carbocycles. The monoisotopic (exact) mass is 293 g/mol. The molecular weight excluding hydrogens is 282 g/mol. The van der Waals surface area contributed by atoms with Crippen LogP contribution in [0.25, 0.3) is 11.0 Å². The number of halogens is 1. The quantitative estimate of drug-likeness (QED) is 0.790. The number of hydrogen-bond acceptors (Lipinski definition) is 4. The lowest BCUT2D eigenvalue weighted by Crippen LogP contribution is -1.99. The van der Waals surface area contributed by atoms with Gasteiger partial charge in [0.25, 0.3) is 0 Å². The molecule has 3 rings (SSSR count). The van der Waals surface area contributed by atoms with E-state index in [1.165, 1.54) is 0 Å². The van der Waals surface area contributed by atoms with Gasteiger partial charge in [0.1, 0.15) is 17.4 Å². The third kappa shape index (κ3) is 2.66. The Morgan fingerprint density at radius 3 is 3.00 bits per heavy atom. The summed E-state index contributed by atoms with van der Waals surface area (Å²) in [6.45, 7) is 1.94. The van der Waals surface area contributed by atoms with E-state index in [0.717, 1.165) is 21.7 Å². The number of furan rings is 1. The maximum atomic E-state index is 10.2. The molecule has 1 unspecified atom stereocenters. The smallest absolute Gasteiger partial charge is 0.134 e. The van der Waals surface area contributed by atoms with Crippen LogP contribution in [0.15, 0.2) is 34.1 Å². The number of aliphatic hydroxyl groups is 1. The van der Waals surface area contributed by atoms with Gasteiger partial charge in [-0.1, -0.05) is 11.6 Å². The summed E-state index contributed by atoms with van der Waals surface area (Å²) in [4.78, 5) is 4.34. The van der Waals surface area contributed by atoms with Crippen molar-refractivity contribution in [2.75, 3.05) is 0 Å². The van der Waals surface area contributed by atoms with Gasteiger partial charge >= 0.3 is 0 Å². The Morgan fingerprint density at radius 1 is 1.42 bits per heavy atom. The number of fused-ring (bicyclic) bond motifs is 1. The van der Waals surface area contributed by atoms with Crippen LogP contribution in [-0.4, -0.2) is 10.1 Å². The first-order valence-corrected chi connectivity index (χ1v) is 7.15. The molecule has 2 aromatic heterocycles. The highest BCUT2D eigenvalue weighted by molar-refractivity contribution is 7.09. The molecule has 0 spiro atoms. The first kappa shape index (κ1) is 12.7. The molecule has 0 bridgehead atoms. The fraction of sp³-hybridized carbons (Fsp3) is 0.214. The zero-order valence-corrected chi connectivity index (χ0v) is 11.8. The third-order valence-corrected chi connectivity index (χ3v) is 4.08. The summed E-state index contributed by atoms with van der Waals surface area (Å²) in [5, 5.41) is 14.6. The summed E-state index contributed by atoms with van der Waals surface area (Å²) in [6.07, 6.45) is -0.219. The molecular formula is C14H12ClNO2S. The van der Waals surface area contributed by atoms with Crippen LogP contribution in [0, 0.1) is 6.92 Å². The van der Waals surface area contributed by atoms with Gasteiger partial charge < -0.3 is 9.52 Å². The molecule has 3 aromatic rings. The SMILES string of the molecule is Cc1csc(CC(O)c2cc3cc(Cl)ccc3o2)n1. The van der Waals surface area contributed by atoms with Crippen molar-refractivity contribution in [2.45, 2.75) is 19.4 Å². The Balaban J connectivity index is 1.86. The van der Waals surface area contributed by atoms with Crippen LogP contribution < -0.4 is 0 Å². The van der Waals surface area contributed by atoms with Crippen LogP contribution in [-0.2, 0) is 6.42 Å². The van der Waals surface area contributed by atoms with Crippen molar-refractivity contribution in [3.63, 3.8) is 0 Å². The predicted octanol–water partition coefficient (Wildman–Crippen LogP) is 4.13. The van der Waals surface area contributed by atoms with Gasteiger partial charge in [-0.3, -0.25) is 0 Å². The molecule has 0 aliphatic heterocycles. The number of aromatic nitrogens is 1. The normalized spacial score (nSPS) is 13.0. The van der Waals surface area contributed by atoms with Crippen LogP contribution >= 0.6 is 22.9 Å². The highest BCUT2D eigenvalue weighted by Gasteiger charge is 2.15. The van der Waals surface area contributed by atoms with Crippen molar-refractivity contribution in [1.29, 1.82) is 0 Å². The van der Waals surface area contributed by atoms with Crippen LogP contribution in [0.1, 0.15) is 22.6 Å². The van der Waals surface area contributed by atoms with Gasteiger partial charge in [0, 0.05) is 27.9 Å². The van der Waals surface area contributed by atoms with Gasteiger partial charge in [-0.25, -0.2) is 4.98 Å². The van der Waals surface area contributed by atoms with Crippen LogP contribution in [0.5, 0.6) is 0 Å². The Kier molecular flexibility index (Phi) is 3.31. The molecule has 0 fully saturated rings. The summed E-state index contributed by atoms with van der Waals surface area (Å²) < 4.78 is 5.63. The van der Waals surface area contributed by atoms with E-state index in [1.54, 1.807) is 23.5 Å². The molecule has 19 heavy (non-hydrogen) atoms. The average molecular weight is 294 g/mol. The van der Waals surface area contributed by atoms with E-state index in [9.17, 15) is 5.11 Å². The minimum Gasteiger partial charge on any atom is -0.458 e. The van der Waals surface area contributed by atoms with E-state index >= 15 is 0 Å². The van der Waals surface area contributed by atoms with Crippen LogP contribution in [0.2, 0.25) is 5.02 Å². The maximum Gasteiger partial charge on any atom is 0.134 e. The largest absolute Gasteiger partial charge is 0.458 e. The number of hydrogen-bond donors (Lipinski definition) is 1. The second-order valence-corrected chi connectivity index (χ2v) is 5.81. The zero-order valence-electron chi connectivity index (χ0n) is 10.3. The van der Waals surface area contributed by atoms with Crippen LogP contribution in [0.3, 0.4) is 0 Å². The Bertz CT molecular complexity index is 719. The molecule has 0 aliphatic carbocycles. The van der Waals surface area contributed by atoms with E-state index in [0.29, 0.717) is 17.2 Å². The van der Waals surface area contributed by atoms with E-state index in [-0.39, 0.29) is 0 Å². The van der Waals surface area contributed by atoms with Gasteiger partial charge in [0.05, 0.1) is 5.01 Å². The number of thiazole rings is 1. The van der Waals surface area contributed by atoms with Crippen molar-refractivity contribution < 1.29 is 9.52 Å². The van der Waals surface area contributed by atoms with Gasteiger partial charge in [0.2, 0.25) is 0 Å². The number of rotatable bonds is 3. The lowest BCUT2D eigenvalue weighted by atomic mass is 10.2. The highest BCUT2D eigenvalue weighted by atomic mass is 35.5. The lowest BCUT2D eigenvalue weighted by molar-refractivity contribution is 0.152. The average Bonchev–Trinajstić information content (AvgIpc) is 2.95. The van der Waals surface area contributed by atoms with Gasteiger partial charge in [-0.05, 0) is 31.2 Å². The molecule has 0 aliphatic rings. The van der Waals surface area contributed by atoms with Crippen molar-refractivity contribution >= 4 is 33.9 Å². The van der Waals surface area contributed by atoms with E-state index in [4.69, 9.17) is 16.0 Å². The van der Waals surface area contributed by atoms with Crippen molar-refractivity contribution in [1.82, 2.24) is 4.98 Å².